The number of aromatic nitrogens is 1. The number of aryl methyl sites for hydroxylation is 1. The zero-order valence-electron chi connectivity index (χ0n) is 14.8. The van der Waals surface area contributed by atoms with Crippen LogP contribution < -0.4 is 0 Å². The van der Waals surface area contributed by atoms with Crippen molar-refractivity contribution in [3.63, 3.8) is 0 Å². The minimum Gasteiger partial charge on any atom is -0.339 e. The van der Waals surface area contributed by atoms with Gasteiger partial charge in [0.2, 0.25) is 0 Å². The van der Waals surface area contributed by atoms with E-state index in [1.807, 2.05) is 12.3 Å². The molecule has 1 fully saturated rings. The highest BCUT2D eigenvalue weighted by molar-refractivity contribution is 8.01. The molecule has 0 N–H and O–H groups in total. The van der Waals surface area contributed by atoms with E-state index in [1.165, 1.54) is 35.6 Å². The lowest BCUT2D eigenvalue weighted by Gasteiger charge is -2.31. The summed E-state index contributed by atoms with van der Waals surface area (Å²) in [7, 11) is 1.80. The third-order valence-electron chi connectivity index (χ3n) is 4.64. The predicted molar refractivity (Wildman–Crippen MR) is 103 cm³/mol. The van der Waals surface area contributed by atoms with Crippen LogP contribution >= 0.6 is 23.1 Å². The standard InChI is InChI=1S/C18H21N3O3S2/c1-12-11-25-18(19-12)26-16-9-8-13(10-15(16)21(23)24)17(22)20(2)14-6-4-3-5-7-14/h8-11,14H,3-7H2,1-2H3. The van der Waals surface area contributed by atoms with Crippen molar-refractivity contribution in [3.8, 4) is 0 Å². The zero-order valence-corrected chi connectivity index (χ0v) is 16.4. The van der Waals surface area contributed by atoms with Gasteiger partial charge in [-0.25, -0.2) is 4.98 Å². The lowest BCUT2D eigenvalue weighted by Crippen LogP contribution is -2.38. The molecule has 8 heteroatoms. The van der Waals surface area contributed by atoms with Crippen molar-refractivity contribution in [3.05, 3.63) is 45.0 Å². The maximum Gasteiger partial charge on any atom is 0.284 e. The molecule has 0 aliphatic heterocycles. The third kappa shape index (κ3) is 4.24. The summed E-state index contributed by atoms with van der Waals surface area (Å²) in [6.07, 6.45) is 5.48. The monoisotopic (exact) mass is 391 g/mol. The van der Waals surface area contributed by atoms with Crippen molar-refractivity contribution in [1.82, 2.24) is 9.88 Å². The predicted octanol–water partition coefficient (Wildman–Crippen LogP) is 4.92. The van der Waals surface area contributed by atoms with Crippen molar-refractivity contribution in [2.75, 3.05) is 7.05 Å². The second-order valence-corrected chi connectivity index (χ2v) is 8.65. The lowest BCUT2D eigenvalue weighted by atomic mass is 9.94. The highest BCUT2D eigenvalue weighted by atomic mass is 32.2. The van der Waals surface area contributed by atoms with Gasteiger partial charge in [0.05, 0.1) is 9.82 Å². The zero-order chi connectivity index (χ0) is 18.7. The topological polar surface area (TPSA) is 76.3 Å². The first-order chi connectivity index (χ1) is 12.5. The van der Waals surface area contributed by atoms with Crippen LogP contribution in [0.4, 0.5) is 5.69 Å². The summed E-state index contributed by atoms with van der Waals surface area (Å²) in [5.74, 6) is -0.151. The molecular weight excluding hydrogens is 370 g/mol. The highest BCUT2D eigenvalue weighted by Crippen LogP contribution is 2.37. The average molecular weight is 392 g/mol. The van der Waals surface area contributed by atoms with Crippen LogP contribution in [0, 0.1) is 17.0 Å². The fourth-order valence-corrected chi connectivity index (χ4v) is 5.07. The SMILES string of the molecule is Cc1csc(Sc2ccc(C(=O)N(C)C3CCCCC3)cc2[N+](=O)[O-])n1. The molecule has 1 aliphatic carbocycles. The fraction of sp³-hybridized carbons (Fsp3) is 0.444. The van der Waals surface area contributed by atoms with Crippen LogP contribution in [-0.2, 0) is 0 Å². The summed E-state index contributed by atoms with van der Waals surface area (Å²) in [6.45, 7) is 1.89. The number of nitro groups is 1. The molecule has 1 amide bonds. The van der Waals surface area contributed by atoms with E-state index in [2.05, 4.69) is 4.98 Å². The van der Waals surface area contributed by atoms with Crippen molar-refractivity contribution in [2.24, 2.45) is 0 Å². The first-order valence-corrected chi connectivity index (χ1v) is 10.3. The Balaban J connectivity index is 1.83. The molecule has 0 unspecified atom stereocenters. The Morgan fingerprint density at radius 1 is 1.35 bits per heavy atom. The van der Waals surface area contributed by atoms with Crippen LogP contribution in [0.5, 0.6) is 0 Å². The molecule has 1 aromatic heterocycles. The summed E-state index contributed by atoms with van der Waals surface area (Å²) in [5.41, 5.74) is 1.20. The number of carbonyl (C=O) groups excluding carboxylic acids is 1. The maximum atomic E-state index is 12.8. The number of hydrogen-bond donors (Lipinski definition) is 0. The largest absolute Gasteiger partial charge is 0.339 e. The number of carbonyl (C=O) groups is 1. The van der Waals surface area contributed by atoms with Gasteiger partial charge < -0.3 is 4.90 Å². The molecular formula is C18H21N3O3S2. The second kappa shape index (κ2) is 8.18. The average Bonchev–Trinajstić information content (AvgIpc) is 3.06. The molecule has 138 valence electrons. The minimum atomic E-state index is -0.430. The van der Waals surface area contributed by atoms with E-state index < -0.39 is 4.92 Å². The Kier molecular flexibility index (Phi) is 5.93. The first-order valence-electron chi connectivity index (χ1n) is 8.61. The Hall–Kier alpha value is -1.93. The highest BCUT2D eigenvalue weighted by Gasteiger charge is 2.25. The number of benzene rings is 1. The maximum absolute atomic E-state index is 12.8. The molecule has 26 heavy (non-hydrogen) atoms. The number of amides is 1. The van der Waals surface area contributed by atoms with E-state index in [-0.39, 0.29) is 17.6 Å². The molecule has 1 heterocycles. The first kappa shape index (κ1) is 18.8. The summed E-state index contributed by atoms with van der Waals surface area (Å²) in [4.78, 5) is 30.4. The van der Waals surface area contributed by atoms with Gasteiger partial charge in [-0.05, 0) is 31.9 Å². The number of rotatable bonds is 5. The molecule has 3 rings (SSSR count). The van der Waals surface area contributed by atoms with Crippen LogP contribution in [0.15, 0.2) is 32.8 Å². The van der Waals surface area contributed by atoms with Gasteiger partial charge in [-0.1, -0.05) is 31.0 Å². The van der Waals surface area contributed by atoms with Crippen LogP contribution in [-0.4, -0.2) is 33.8 Å². The molecule has 0 saturated heterocycles. The van der Waals surface area contributed by atoms with Gasteiger partial charge >= 0.3 is 0 Å². The normalized spacial score (nSPS) is 15.0. The second-order valence-electron chi connectivity index (χ2n) is 6.50. The Labute approximate surface area is 160 Å². The van der Waals surface area contributed by atoms with Gasteiger partial charge in [-0.3, -0.25) is 14.9 Å². The Morgan fingerprint density at radius 2 is 2.08 bits per heavy atom. The van der Waals surface area contributed by atoms with E-state index in [0.717, 1.165) is 35.7 Å². The Morgan fingerprint density at radius 3 is 2.69 bits per heavy atom. The van der Waals surface area contributed by atoms with E-state index in [9.17, 15) is 14.9 Å². The van der Waals surface area contributed by atoms with E-state index in [1.54, 1.807) is 24.1 Å². The van der Waals surface area contributed by atoms with Crippen LogP contribution in [0.2, 0.25) is 0 Å². The van der Waals surface area contributed by atoms with Gasteiger partial charge in [0.1, 0.15) is 0 Å². The summed E-state index contributed by atoms with van der Waals surface area (Å²) >= 11 is 2.71. The minimum absolute atomic E-state index is 0.0502. The number of nitro benzene ring substituents is 1. The van der Waals surface area contributed by atoms with Gasteiger partial charge in [0.15, 0.2) is 4.34 Å². The lowest BCUT2D eigenvalue weighted by molar-refractivity contribution is -0.387. The van der Waals surface area contributed by atoms with Crippen LogP contribution in [0.1, 0.15) is 48.2 Å². The van der Waals surface area contributed by atoms with Crippen molar-refractivity contribution in [1.29, 1.82) is 0 Å². The third-order valence-corrected chi connectivity index (χ3v) is 6.76. The molecule has 0 atom stereocenters. The van der Waals surface area contributed by atoms with Gasteiger partial charge in [-0.15, -0.1) is 11.3 Å². The molecule has 6 nitrogen and oxygen atoms in total. The number of hydrogen-bond acceptors (Lipinski definition) is 6. The summed E-state index contributed by atoms with van der Waals surface area (Å²) < 4.78 is 0.754. The summed E-state index contributed by atoms with van der Waals surface area (Å²) in [6, 6.07) is 4.95. The summed E-state index contributed by atoms with van der Waals surface area (Å²) in [5, 5.41) is 13.4. The van der Waals surface area contributed by atoms with Crippen LogP contribution in [0.3, 0.4) is 0 Å². The van der Waals surface area contributed by atoms with Gasteiger partial charge in [-0.2, -0.15) is 0 Å². The fourth-order valence-electron chi connectivity index (χ4n) is 3.19. The van der Waals surface area contributed by atoms with Crippen LogP contribution in [0.25, 0.3) is 0 Å². The number of nitrogens with zero attached hydrogens (tertiary/aromatic N) is 3. The Bertz CT molecular complexity index is 816. The molecule has 0 bridgehead atoms. The van der Waals surface area contributed by atoms with E-state index in [4.69, 9.17) is 0 Å². The molecule has 0 spiro atoms. The quantitative estimate of drug-likeness (QED) is 0.534. The smallest absolute Gasteiger partial charge is 0.284 e. The van der Waals surface area contributed by atoms with Crippen molar-refractivity contribution < 1.29 is 9.72 Å². The number of thiazole rings is 1. The van der Waals surface area contributed by atoms with E-state index >= 15 is 0 Å². The molecule has 1 saturated carbocycles. The van der Waals surface area contributed by atoms with Crippen molar-refractivity contribution >= 4 is 34.7 Å². The molecule has 2 aromatic rings. The van der Waals surface area contributed by atoms with Gasteiger partial charge in [0, 0.05) is 35.8 Å². The molecule has 1 aliphatic rings. The molecule has 0 radical (unpaired) electrons. The van der Waals surface area contributed by atoms with Gasteiger partial charge in [0.25, 0.3) is 11.6 Å². The van der Waals surface area contributed by atoms with E-state index in [0.29, 0.717) is 10.5 Å². The molecule has 1 aromatic carbocycles. The van der Waals surface area contributed by atoms with Crippen molar-refractivity contribution in [2.45, 2.75) is 54.3 Å².